The highest BCUT2D eigenvalue weighted by Crippen LogP contribution is 2.62. The van der Waals surface area contributed by atoms with Gasteiger partial charge in [-0.2, -0.15) is 0 Å². The first kappa shape index (κ1) is 14.2. The molecule has 0 amide bonds. The molecule has 116 valence electrons. The molecule has 1 aromatic carbocycles. The molecule has 2 nitrogen and oxygen atoms in total. The van der Waals surface area contributed by atoms with Crippen LogP contribution in [-0.2, 0) is 6.42 Å². The number of aromatic hydroxyl groups is 1. The smallest absolute Gasteiger partial charge is 0.115 e. The van der Waals surface area contributed by atoms with Gasteiger partial charge in [0.15, 0.2) is 0 Å². The van der Waals surface area contributed by atoms with Gasteiger partial charge in [0.2, 0.25) is 0 Å². The predicted octanol–water partition coefficient (Wildman–Crippen LogP) is 3.61. The SMILES string of the molecule is C#CC1(C)CCC2C3CCc4cc(O)ccc4C3CCC21O. The molecule has 3 aliphatic carbocycles. The van der Waals surface area contributed by atoms with Crippen LogP contribution in [-0.4, -0.2) is 15.8 Å². The van der Waals surface area contributed by atoms with Crippen LogP contribution in [0.4, 0.5) is 0 Å². The molecule has 2 N–H and O–H groups in total. The molecule has 5 unspecified atom stereocenters. The molecular weight excluding hydrogens is 272 g/mol. The quantitative estimate of drug-likeness (QED) is 0.718. The number of hydrogen-bond donors (Lipinski definition) is 2. The van der Waals surface area contributed by atoms with Crippen LogP contribution in [0.5, 0.6) is 5.75 Å². The molecule has 2 fully saturated rings. The van der Waals surface area contributed by atoms with Gasteiger partial charge >= 0.3 is 0 Å². The highest BCUT2D eigenvalue weighted by Gasteiger charge is 2.61. The van der Waals surface area contributed by atoms with Gasteiger partial charge in [0.1, 0.15) is 5.75 Å². The van der Waals surface area contributed by atoms with Crippen LogP contribution in [0.3, 0.4) is 0 Å². The number of phenols is 1. The van der Waals surface area contributed by atoms with E-state index in [2.05, 4.69) is 18.9 Å². The summed E-state index contributed by atoms with van der Waals surface area (Å²) >= 11 is 0. The summed E-state index contributed by atoms with van der Waals surface area (Å²) in [6.45, 7) is 2.07. The summed E-state index contributed by atoms with van der Waals surface area (Å²) in [5, 5.41) is 21.1. The van der Waals surface area contributed by atoms with E-state index >= 15 is 0 Å². The standard InChI is InChI=1S/C20H24O2/c1-3-19(2)10-9-18-17-6-4-13-12-14(21)5-7-15(13)16(17)8-11-20(18,19)22/h1,5,7,12,16-18,21-22H,4,6,8-11H2,2H3. The fourth-order valence-electron chi connectivity index (χ4n) is 5.69. The third-order valence-electron chi connectivity index (χ3n) is 6.99. The number of terminal acetylenes is 1. The van der Waals surface area contributed by atoms with Gasteiger partial charge in [-0.15, -0.1) is 6.42 Å². The molecule has 1 aromatic rings. The Hall–Kier alpha value is -1.46. The van der Waals surface area contributed by atoms with Crippen molar-refractivity contribution in [2.75, 3.05) is 0 Å². The van der Waals surface area contributed by atoms with Crippen LogP contribution in [0.25, 0.3) is 0 Å². The summed E-state index contributed by atoms with van der Waals surface area (Å²) in [4.78, 5) is 0. The van der Waals surface area contributed by atoms with E-state index in [9.17, 15) is 10.2 Å². The Bertz CT molecular complexity index is 658. The summed E-state index contributed by atoms with van der Waals surface area (Å²) in [7, 11) is 0. The number of hydrogen-bond acceptors (Lipinski definition) is 2. The number of phenolic OH excluding ortho intramolecular Hbond substituents is 1. The summed E-state index contributed by atoms with van der Waals surface area (Å²) < 4.78 is 0. The highest BCUT2D eigenvalue weighted by molar-refractivity contribution is 5.40. The first-order valence-corrected chi connectivity index (χ1v) is 8.50. The molecule has 0 radical (unpaired) electrons. The van der Waals surface area contributed by atoms with E-state index in [1.807, 2.05) is 12.1 Å². The van der Waals surface area contributed by atoms with E-state index in [-0.39, 0.29) is 5.41 Å². The van der Waals surface area contributed by atoms with E-state index in [0.29, 0.717) is 23.5 Å². The maximum Gasteiger partial charge on any atom is 0.115 e. The van der Waals surface area contributed by atoms with E-state index in [1.165, 1.54) is 11.1 Å². The lowest BCUT2D eigenvalue weighted by Gasteiger charge is -2.51. The first-order valence-electron chi connectivity index (χ1n) is 8.50. The second-order valence-electron chi connectivity index (χ2n) is 7.78. The van der Waals surface area contributed by atoms with Crippen molar-refractivity contribution in [3.8, 4) is 18.1 Å². The average Bonchev–Trinajstić information content (AvgIpc) is 2.79. The largest absolute Gasteiger partial charge is 0.508 e. The Kier molecular flexibility index (Phi) is 2.91. The Labute approximate surface area is 132 Å². The van der Waals surface area contributed by atoms with Crippen LogP contribution in [0.2, 0.25) is 0 Å². The van der Waals surface area contributed by atoms with Gasteiger partial charge < -0.3 is 10.2 Å². The summed E-state index contributed by atoms with van der Waals surface area (Å²) in [5.74, 6) is 4.67. The number of aliphatic hydroxyl groups is 1. The van der Waals surface area contributed by atoms with Crippen molar-refractivity contribution >= 4 is 0 Å². The van der Waals surface area contributed by atoms with Gasteiger partial charge in [-0.3, -0.25) is 0 Å². The molecule has 0 saturated heterocycles. The molecular formula is C20H24O2. The summed E-state index contributed by atoms with van der Waals surface area (Å²) in [6.07, 6.45) is 11.7. The molecule has 22 heavy (non-hydrogen) atoms. The van der Waals surface area contributed by atoms with Gasteiger partial charge in [-0.05, 0) is 86.5 Å². The fourth-order valence-corrected chi connectivity index (χ4v) is 5.69. The van der Waals surface area contributed by atoms with Crippen LogP contribution in [0, 0.1) is 29.6 Å². The van der Waals surface area contributed by atoms with E-state index in [4.69, 9.17) is 6.42 Å². The number of aryl methyl sites for hydroxylation is 1. The maximum atomic E-state index is 11.4. The normalized spacial score (nSPS) is 42.9. The van der Waals surface area contributed by atoms with Crippen molar-refractivity contribution in [3.05, 3.63) is 29.3 Å². The minimum absolute atomic E-state index is 0.328. The minimum Gasteiger partial charge on any atom is -0.508 e. The van der Waals surface area contributed by atoms with Crippen molar-refractivity contribution in [2.24, 2.45) is 17.3 Å². The molecule has 0 heterocycles. The van der Waals surface area contributed by atoms with Crippen molar-refractivity contribution in [1.82, 2.24) is 0 Å². The molecule has 0 aliphatic heterocycles. The highest BCUT2D eigenvalue weighted by atomic mass is 16.3. The molecule has 4 rings (SSSR count). The lowest BCUT2D eigenvalue weighted by molar-refractivity contribution is -0.110. The van der Waals surface area contributed by atoms with E-state index < -0.39 is 5.60 Å². The van der Waals surface area contributed by atoms with Crippen molar-refractivity contribution < 1.29 is 10.2 Å². The van der Waals surface area contributed by atoms with Crippen molar-refractivity contribution in [3.63, 3.8) is 0 Å². The van der Waals surface area contributed by atoms with Crippen molar-refractivity contribution in [1.29, 1.82) is 0 Å². The molecule has 5 atom stereocenters. The van der Waals surface area contributed by atoms with Gasteiger partial charge in [0.05, 0.1) is 11.0 Å². The Morgan fingerprint density at radius 3 is 2.82 bits per heavy atom. The Morgan fingerprint density at radius 1 is 1.23 bits per heavy atom. The lowest BCUT2D eigenvalue weighted by Crippen LogP contribution is -2.52. The van der Waals surface area contributed by atoms with Gasteiger partial charge in [0, 0.05) is 0 Å². The number of benzene rings is 1. The zero-order chi connectivity index (χ0) is 15.5. The van der Waals surface area contributed by atoms with Crippen LogP contribution in [0.1, 0.15) is 56.1 Å². The number of fused-ring (bicyclic) bond motifs is 5. The third kappa shape index (κ3) is 1.66. The zero-order valence-electron chi connectivity index (χ0n) is 13.2. The molecule has 0 spiro atoms. The third-order valence-corrected chi connectivity index (χ3v) is 6.99. The molecule has 0 bridgehead atoms. The van der Waals surface area contributed by atoms with Crippen LogP contribution < -0.4 is 0 Å². The molecule has 2 saturated carbocycles. The maximum absolute atomic E-state index is 11.4. The zero-order valence-corrected chi connectivity index (χ0v) is 13.2. The van der Waals surface area contributed by atoms with E-state index in [0.717, 1.165) is 38.5 Å². The predicted molar refractivity (Wildman–Crippen MR) is 86.5 cm³/mol. The van der Waals surface area contributed by atoms with E-state index in [1.54, 1.807) is 0 Å². The topological polar surface area (TPSA) is 40.5 Å². The van der Waals surface area contributed by atoms with Crippen LogP contribution in [0.15, 0.2) is 18.2 Å². The summed E-state index contributed by atoms with van der Waals surface area (Å²) in [6, 6.07) is 5.83. The molecule has 3 aliphatic rings. The fraction of sp³-hybridized carbons (Fsp3) is 0.600. The van der Waals surface area contributed by atoms with Crippen molar-refractivity contribution in [2.45, 2.75) is 57.0 Å². The van der Waals surface area contributed by atoms with Gasteiger partial charge in [-0.25, -0.2) is 0 Å². The molecule has 2 heteroatoms. The minimum atomic E-state index is -0.683. The average molecular weight is 296 g/mol. The Balaban J connectivity index is 1.72. The number of rotatable bonds is 0. The molecule has 0 aromatic heterocycles. The summed E-state index contributed by atoms with van der Waals surface area (Å²) in [5.41, 5.74) is 1.64. The first-order chi connectivity index (χ1) is 10.5. The van der Waals surface area contributed by atoms with Crippen LogP contribution >= 0.6 is 0 Å². The van der Waals surface area contributed by atoms with Gasteiger partial charge in [0.25, 0.3) is 0 Å². The second-order valence-corrected chi connectivity index (χ2v) is 7.78. The Morgan fingerprint density at radius 2 is 2.05 bits per heavy atom. The van der Waals surface area contributed by atoms with Gasteiger partial charge in [-0.1, -0.05) is 12.0 Å². The monoisotopic (exact) mass is 296 g/mol. The second kappa shape index (κ2) is 4.52. The lowest BCUT2D eigenvalue weighted by atomic mass is 9.56.